The Hall–Kier alpha value is -0.810. The Morgan fingerprint density at radius 1 is 1.47 bits per heavy atom. The van der Waals surface area contributed by atoms with Gasteiger partial charge in [0.2, 0.25) is 0 Å². The van der Waals surface area contributed by atoms with Crippen molar-refractivity contribution in [2.45, 2.75) is 39.3 Å². The highest BCUT2D eigenvalue weighted by Crippen LogP contribution is 2.51. The van der Waals surface area contributed by atoms with Crippen LogP contribution in [-0.2, 0) is 9.47 Å². The van der Waals surface area contributed by atoms with E-state index >= 15 is 0 Å². The number of fused-ring (bicyclic) bond motifs is 1. The van der Waals surface area contributed by atoms with E-state index in [9.17, 15) is 0 Å². The van der Waals surface area contributed by atoms with Crippen LogP contribution in [0.25, 0.3) is 0 Å². The van der Waals surface area contributed by atoms with E-state index in [2.05, 4.69) is 29.5 Å². The Bertz CT molecular complexity index is 331. The summed E-state index contributed by atoms with van der Waals surface area (Å²) in [6.45, 7) is 9.68. The topological polar surface area (TPSA) is 54.9 Å². The second-order valence-electron chi connectivity index (χ2n) is 5.88. The van der Waals surface area contributed by atoms with Crippen LogP contribution in [0, 0.1) is 11.3 Å². The largest absolute Gasteiger partial charge is 0.380 e. The number of aliphatic imine (C=N–C) groups is 1. The molecule has 0 aromatic rings. The maximum atomic E-state index is 5.81. The van der Waals surface area contributed by atoms with Crippen molar-refractivity contribution in [3.05, 3.63) is 0 Å². The molecule has 2 N–H and O–H groups in total. The van der Waals surface area contributed by atoms with Crippen molar-refractivity contribution < 1.29 is 9.47 Å². The van der Waals surface area contributed by atoms with Gasteiger partial charge in [-0.25, -0.2) is 0 Å². The summed E-state index contributed by atoms with van der Waals surface area (Å²) in [5.74, 6) is 1.49. The molecule has 1 aliphatic heterocycles. The van der Waals surface area contributed by atoms with E-state index in [0.29, 0.717) is 24.7 Å². The maximum absolute atomic E-state index is 5.81. The molecule has 2 aliphatic rings. The van der Waals surface area contributed by atoms with Crippen LogP contribution in [0.15, 0.2) is 4.99 Å². The third-order valence-corrected chi connectivity index (χ3v) is 4.36. The number of hydrogen-bond donors (Lipinski definition) is 2. The van der Waals surface area contributed by atoms with E-state index in [1.165, 1.54) is 0 Å². The minimum absolute atomic E-state index is 0.179. The van der Waals surface area contributed by atoms with Gasteiger partial charge in [-0.05, 0) is 13.3 Å². The Balaban J connectivity index is 1.82. The molecule has 2 rings (SSSR count). The minimum atomic E-state index is 0.179. The number of hydrogen-bond acceptors (Lipinski definition) is 3. The third-order valence-electron chi connectivity index (χ3n) is 4.36. The average Bonchev–Trinajstić information content (AvgIpc) is 2.84. The van der Waals surface area contributed by atoms with Crippen molar-refractivity contribution in [2.24, 2.45) is 16.3 Å². The van der Waals surface area contributed by atoms with Crippen LogP contribution in [0.3, 0.4) is 0 Å². The summed E-state index contributed by atoms with van der Waals surface area (Å²) in [5, 5.41) is 6.84. The van der Waals surface area contributed by atoms with Gasteiger partial charge in [-0.3, -0.25) is 4.99 Å². The summed E-state index contributed by atoms with van der Waals surface area (Å²) >= 11 is 0. The summed E-state index contributed by atoms with van der Waals surface area (Å²) < 4.78 is 11.1. The molecule has 0 aromatic heterocycles. The van der Waals surface area contributed by atoms with E-state index in [0.717, 1.165) is 32.1 Å². The molecule has 1 heterocycles. The zero-order valence-electron chi connectivity index (χ0n) is 12.5. The highest BCUT2D eigenvalue weighted by molar-refractivity contribution is 5.80. The fourth-order valence-electron chi connectivity index (χ4n) is 3.35. The molecule has 110 valence electrons. The summed E-state index contributed by atoms with van der Waals surface area (Å²) in [6, 6.07) is 0.443. The number of rotatable bonds is 5. The second kappa shape index (κ2) is 6.09. The van der Waals surface area contributed by atoms with Gasteiger partial charge in [0, 0.05) is 44.2 Å². The van der Waals surface area contributed by atoms with Gasteiger partial charge in [0.15, 0.2) is 5.96 Å². The number of ether oxygens (including phenoxy) is 2. The van der Waals surface area contributed by atoms with Gasteiger partial charge in [0.1, 0.15) is 0 Å². The van der Waals surface area contributed by atoms with Gasteiger partial charge in [0.05, 0.1) is 12.7 Å². The van der Waals surface area contributed by atoms with E-state index in [1.807, 2.05) is 14.0 Å². The van der Waals surface area contributed by atoms with E-state index in [1.54, 1.807) is 0 Å². The Morgan fingerprint density at radius 3 is 2.95 bits per heavy atom. The smallest absolute Gasteiger partial charge is 0.191 e. The molecule has 0 aromatic carbocycles. The first kappa shape index (κ1) is 14.6. The van der Waals surface area contributed by atoms with Gasteiger partial charge in [-0.2, -0.15) is 0 Å². The molecule has 0 bridgehead atoms. The zero-order chi connectivity index (χ0) is 13.9. The normalized spacial score (nSPS) is 32.6. The molecule has 1 aliphatic carbocycles. The summed E-state index contributed by atoms with van der Waals surface area (Å²) in [7, 11) is 1.81. The van der Waals surface area contributed by atoms with Crippen LogP contribution >= 0.6 is 0 Å². The highest BCUT2D eigenvalue weighted by atomic mass is 16.5. The van der Waals surface area contributed by atoms with Crippen molar-refractivity contribution in [3.8, 4) is 0 Å². The lowest BCUT2D eigenvalue weighted by atomic mass is 9.57. The molecule has 3 atom stereocenters. The number of guanidine groups is 1. The Kier molecular flexibility index (Phi) is 4.68. The van der Waals surface area contributed by atoms with Gasteiger partial charge < -0.3 is 20.1 Å². The van der Waals surface area contributed by atoms with E-state index in [4.69, 9.17) is 9.47 Å². The monoisotopic (exact) mass is 269 g/mol. The molecule has 2 fully saturated rings. The Morgan fingerprint density at radius 2 is 2.26 bits per heavy atom. The molecular weight excluding hydrogens is 242 g/mol. The second-order valence-corrected chi connectivity index (χ2v) is 5.88. The van der Waals surface area contributed by atoms with Crippen LogP contribution in [-0.4, -0.2) is 51.5 Å². The first-order valence-corrected chi connectivity index (χ1v) is 7.27. The number of nitrogens with zero attached hydrogens (tertiary/aromatic N) is 1. The number of nitrogens with one attached hydrogen (secondary N) is 2. The summed E-state index contributed by atoms with van der Waals surface area (Å²) in [6.07, 6.45) is 1.56. The van der Waals surface area contributed by atoms with Crippen LogP contribution in [0.4, 0.5) is 0 Å². The zero-order valence-corrected chi connectivity index (χ0v) is 12.5. The lowest BCUT2D eigenvalue weighted by Crippen LogP contribution is -2.68. The van der Waals surface area contributed by atoms with Gasteiger partial charge in [-0.15, -0.1) is 0 Å². The van der Waals surface area contributed by atoms with Crippen molar-refractivity contribution in [1.82, 2.24) is 10.6 Å². The molecule has 5 heteroatoms. The fourth-order valence-corrected chi connectivity index (χ4v) is 3.35. The van der Waals surface area contributed by atoms with E-state index < -0.39 is 0 Å². The molecular formula is C14H27N3O2. The molecule has 19 heavy (non-hydrogen) atoms. The van der Waals surface area contributed by atoms with Gasteiger partial charge >= 0.3 is 0 Å². The molecule has 0 amide bonds. The van der Waals surface area contributed by atoms with Crippen molar-refractivity contribution in [2.75, 3.05) is 33.4 Å². The first-order chi connectivity index (χ1) is 9.11. The standard InChI is InChI=1S/C14H27N3O2/c1-5-18-9-7-16-13(15-4)17-11-10-6-8-19-12(10)14(11,2)3/h10-12H,5-9H2,1-4H3,(H2,15,16,17). The summed E-state index contributed by atoms with van der Waals surface area (Å²) in [5.41, 5.74) is 0.179. The highest BCUT2D eigenvalue weighted by Gasteiger charge is 2.59. The van der Waals surface area contributed by atoms with Gasteiger partial charge in [0.25, 0.3) is 0 Å². The average molecular weight is 269 g/mol. The van der Waals surface area contributed by atoms with E-state index in [-0.39, 0.29) is 5.41 Å². The molecule has 1 saturated carbocycles. The quantitative estimate of drug-likeness (QED) is 0.444. The van der Waals surface area contributed by atoms with Crippen LogP contribution in [0.2, 0.25) is 0 Å². The summed E-state index contributed by atoms with van der Waals surface area (Å²) in [4.78, 5) is 4.29. The predicted octanol–water partition coefficient (Wildman–Crippen LogP) is 1.00. The molecule has 1 saturated heterocycles. The first-order valence-electron chi connectivity index (χ1n) is 7.27. The lowest BCUT2D eigenvalue weighted by molar-refractivity contribution is -0.106. The molecule has 0 spiro atoms. The van der Waals surface area contributed by atoms with Crippen molar-refractivity contribution in [3.63, 3.8) is 0 Å². The molecule has 3 unspecified atom stereocenters. The SMILES string of the molecule is CCOCCNC(=NC)NC1C2CCOC2C1(C)C. The Labute approximate surface area is 116 Å². The van der Waals surface area contributed by atoms with Crippen LogP contribution in [0.5, 0.6) is 0 Å². The third kappa shape index (κ3) is 2.87. The van der Waals surface area contributed by atoms with Crippen molar-refractivity contribution in [1.29, 1.82) is 0 Å². The predicted molar refractivity (Wildman–Crippen MR) is 76.4 cm³/mol. The fraction of sp³-hybridized carbons (Fsp3) is 0.929. The lowest BCUT2D eigenvalue weighted by Gasteiger charge is -2.54. The molecule has 5 nitrogen and oxygen atoms in total. The van der Waals surface area contributed by atoms with Crippen LogP contribution < -0.4 is 10.6 Å². The van der Waals surface area contributed by atoms with Crippen molar-refractivity contribution >= 4 is 5.96 Å². The van der Waals surface area contributed by atoms with Crippen LogP contribution in [0.1, 0.15) is 27.2 Å². The molecule has 0 radical (unpaired) electrons. The van der Waals surface area contributed by atoms with Gasteiger partial charge in [-0.1, -0.05) is 13.8 Å². The maximum Gasteiger partial charge on any atom is 0.191 e. The minimum Gasteiger partial charge on any atom is -0.380 e.